The first kappa shape index (κ1) is 16.8. The van der Waals surface area contributed by atoms with Gasteiger partial charge in [-0.25, -0.2) is 22.0 Å². The van der Waals surface area contributed by atoms with Crippen LogP contribution in [0.1, 0.15) is 18.4 Å². The van der Waals surface area contributed by atoms with Gasteiger partial charge in [0.05, 0.1) is 26.4 Å². The Morgan fingerprint density at radius 2 is 1.86 bits per heavy atom. The molecular weight excluding hydrogens is 359 g/mol. The number of sulfonamides is 2. The molecule has 0 aliphatic heterocycles. The molecule has 21 heavy (non-hydrogen) atoms. The van der Waals surface area contributed by atoms with Crippen LogP contribution in [0.15, 0.2) is 11.0 Å². The summed E-state index contributed by atoms with van der Waals surface area (Å²) in [6.07, 6.45) is 1.76. The molecule has 1 aliphatic carbocycles. The maximum atomic E-state index is 12.0. The average Bonchev–Trinajstić information content (AvgIpc) is 3.11. The van der Waals surface area contributed by atoms with Crippen LogP contribution in [0.2, 0.25) is 10.0 Å². The van der Waals surface area contributed by atoms with Crippen LogP contribution in [-0.4, -0.2) is 22.6 Å². The molecule has 0 aromatic heterocycles. The van der Waals surface area contributed by atoms with Gasteiger partial charge in [-0.15, -0.1) is 0 Å². The van der Waals surface area contributed by atoms with Crippen LogP contribution in [0.5, 0.6) is 0 Å². The Labute approximate surface area is 133 Å². The van der Waals surface area contributed by atoms with Gasteiger partial charge < -0.3 is 0 Å². The highest BCUT2D eigenvalue weighted by atomic mass is 35.5. The van der Waals surface area contributed by atoms with Crippen molar-refractivity contribution in [3.05, 3.63) is 21.7 Å². The zero-order chi connectivity index (χ0) is 16.0. The first-order valence-electron chi connectivity index (χ1n) is 6.03. The first-order chi connectivity index (χ1) is 9.51. The molecule has 1 fully saturated rings. The van der Waals surface area contributed by atoms with E-state index < -0.39 is 20.0 Å². The van der Waals surface area contributed by atoms with Crippen molar-refractivity contribution in [2.24, 2.45) is 11.1 Å². The Morgan fingerprint density at radius 1 is 1.29 bits per heavy atom. The van der Waals surface area contributed by atoms with Crippen molar-refractivity contribution in [3.63, 3.8) is 0 Å². The molecule has 0 saturated heterocycles. The van der Waals surface area contributed by atoms with Gasteiger partial charge in [-0.05, 0) is 37.3 Å². The minimum absolute atomic E-state index is 0.00432. The molecule has 0 atom stereocenters. The Morgan fingerprint density at radius 3 is 2.33 bits per heavy atom. The summed E-state index contributed by atoms with van der Waals surface area (Å²) in [6.45, 7) is 1.43. The quantitative estimate of drug-likeness (QED) is 0.824. The molecule has 1 aliphatic rings. The third-order valence-corrected chi connectivity index (χ3v) is 6.36. The first-order valence-corrected chi connectivity index (χ1v) is 9.98. The summed E-state index contributed by atoms with van der Waals surface area (Å²) in [5, 5.41) is 4.87. The molecule has 3 N–H and O–H groups in total. The van der Waals surface area contributed by atoms with E-state index in [9.17, 15) is 16.8 Å². The molecule has 0 heterocycles. The fourth-order valence-corrected chi connectivity index (χ4v) is 5.03. The number of nitrogens with one attached hydrogen (secondary N) is 1. The van der Waals surface area contributed by atoms with Crippen molar-refractivity contribution < 1.29 is 16.8 Å². The molecule has 0 bridgehead atoms. The molecule has 1 saturated carbocycles. The molecular formula is C11H14Cl2N2O4S2. The maximum Gasteiger partial charge on any atom is 0.238 e. The van der Waals surface area contributed by atoms with Gasteiger partial charge in [0.25, 0.3) is 0 Å². The third-order valence-electron chi connectivity index (χ3n) is 3.13. The zero-order valence-corrected chi connectivity index (χ0v) is 14.2. The van der Waals surface area contributed by atoms with E-state index in [0.29, 0.717) is 0 Å². The van der Waals surface area contributed by atoms with Gasteiger partial charge in [-0.2, -0.15) is 0 Å². The van der Waals surface area contributed by atoms with Gasteiger partial charge in [0.2, 0.25) is 20.0 Å². The number of halogens is 2. The predicted octanol–water partition coefficient (Wildman–Crippen LogP) is 2.10. The van der Waals surface area contributed by atoms with Crippen molar-refractivity contribution in [2.75, 3.05) is 10.5 Å². The van der Waals surface area contributed by atoms with Crippen LogP contribution in [0.4, 0.5) is 5.69 Å². The summed E-state index contributed by atoms with van der Waals surface area (Å²) in [7, 11) is -7.58. The van der Waals surface area contributed by atoms with Gasteiger partial charge in [0, 0.05) is 0 Å². The Balaban J connectivity index is 2.43. The van der Waals surface area contributed by atoms with E-state index in [4.69, 9.17) is 28.3 Å². The number of rotatable bonds is 5. The topological polar surface area (TPSA) is 106 Å². The number of anilines is 1. The van der Waals surface area contributed by atoms with Crippen LogP contribution < -0.4 is 9.86 Å². The van der Waals surface area contributed by atoms with E-state index >= 15 is 0 Å². The van der Waals surface area contributed by atoms with E-state index in [1.165, 1.54) is 6.92 Å². The summed E-state index contributed by atoms with van der Waals surface area (Å²) in [5.74, 6) is 0.153. The van der Waals surface area contributed by atoms with Crippen molar-refractivity contribution in [3.8, 4) is 0 Å². The van der Waals surface area contributed by atoms with Crippen molar-refractivity contribution in [1.29, 1.82) is 0 Å². The van der Waals surface area contributed by atoms with Gasteiger partial charge >= 0.3 is 0 Å². The molecule has 118 valence electrons. The lowest BCUT2D eigenvalue weighted by atomic mass is 10.2. The van der Waals surface area contributed by atoms with E-state index in [-0.39, 0.29) is 37.9 Å². The second kappa shape index (κ2) is 5.58. The molecule has 0 unspecified atom stereocenters. The molecule has 6 nitrogen and oxygen atoms in total. The molecule has 0 amide bonds. The number of hydrogen-bond acceptors (Lipinski definition) is 4. The summed E-state index contributed by atoms with van der Waals surface area (Å²) in [5.41, 5.74) is 0.122. The summed E-state index contributed by atoms with van der Waals surface area (Å²) >= 11 is 12.0. The Bertz CT molecular complexity index is 787. The Hall–Kier alpha value is -0.540. The number of primary sulfonamides is 1. The lowest BCUT2D eigenvalue weighted by Gasteiger charge is -2.15. The summed E-state index contributed by atoms with van der Waals surface area (Å²) < 4.78 is 49.1. The fourth-order valence-electron chi connectivity index (χ4n) is 1.88. The number of hydrogen-bond donors (Lipinski definition) is 2. The highest BCUT2D eigenvalue weighted by Crippen LogP contribution is 2.38. The average molecular weight is 373 g/mol. The Kier molecular flexibility index (Phi) is 4.47. The molecule has 0 radical (unpaired) electrons. The molecule has 0 spiro atoms. The van der Waals surface area contributed by atoms with Crippen LogP contribution in [0.25, 0.3) is 0 Å². The SMILES string of the molecule is Cc1c(S(N)(=O)=O)cc(Cl)c(NS(=O)(=O)CC2CC2)c1Cl. The fraction of sp³-hybridized carbons (Fsp3) is 0.455. The molecule has 1 aromatic rings. The summed E-state index contributed by atoms with van der Waals surface area (Å²) in [6, 6.07) is 1.09. The van der Waals surface area contributed by atoms with Crippen molar-refractivity contribution in [2.45, 2.75) is 24.7 Å². The van der Waals surface area contributed by atoms with E-state index in [2.05, 4.69) is 4.72 Å². The lowest BCUT2D eigenvalue weighted by molar-refractivity contribution is 0.596. The number of benzene rings is 1. The number of nitrogens with two attached hydrogens (primary N) is 1. The summed E-state index contributed by atoms with van der Waals surface area (Å²) in [4.78, 5) is -0.234. The highest BCUT2D eigenvalue weighted by Gasteiger charge is 2.29. The molecule has 2 rings (SSSR count). The van der Waals surface area contributed by atoms with E-state index in [0.717, 1.165) is 18.9 Å². The predicted molar refractivity (Wildman–Crippen MR) is 82.7 cm³/mol. The van der Waals surface area contributed by atoms with Crippen LogP contribution in [-0.2, 0) is 20.0 Å². The minimum Gasteiger partial charge on any atom is -0.280 e. The van der Waals surface area contributed by atoms with Crippen molar-refractivity contribution in [1.82, 2.24) is 0 Å². The van der Waals surface area contributed by atoms with Gasteiger partial charge in [0.1, 0.15) is 0 Å². The van der Waals surface area contributed by atoms with E-state index in [1.807, 2.05) is 0 Å². The zero-order valence-electron chi connectivity index (χ0n) is 11.1. The lowest BCUT2D eigenvalue weighted by Crippen LogP contribution is -2.19. The molecule has 10 heteroatoms. The minimum atomic E-state index is -3.99. The normalized spacial score (nSPS) is 16.0. The highest BCUT2D eigenvalue weighted by molar-refractivity contribution is 7.92. The third kappa shape index (κ3) is 4.01. The van der Waals surface area contributed by atoms with Crippen LogP contribution in [0.3, 0.4) is 0 Å². The van der Waals surface area contributed by atoms with Crippen LogP contribution in [0, 0.1) is 12.8 Å². The van der Waals surface area contributed by atoms with Gasteiger partial charge in [-0.3, -0.25) is 4.72 Å². The monoisotopic (exact) mass is 372 g/mol. The molecule has 1 aromatic carbocycles. The van der Waals surface area contributed by atoms with Crippen LogP contribution >= 0.6 is 23.2 Å². The standard InChI is InChI=1S/C11H14Cl2N2O4S2/c1-6-9(21(14,18)19)4-8(12)11(10(6)13)15-20(16,17)5-7-2-3-7/h4,7,15H,2-3,5H2,1H3,(H2,14,18,19). The second-order valence-corrected chi connectivity index (χ2v) is 9.12. The van der Waals surface area contributed by atoms with Gasteiger partial charge in [0.15, 0.2) is 0 Å². The van der Waals surface area contributed by atoms with E-state index in [1.54, 1.807) is 0 Å². The second-order valence-electron chi connectivity index (χ2n) is 5.04. The van der Waals surface area contributed by atoms with Crippen molar-refractivity contribution >= 4 is 48.9 Å². The smallest absolute Gasteiger partial charge is 0.238 e. The largest absolute Gasteiger partial charge is 0.280 e. The maximum absolute atomic E-state index is 12.0. The van der Waals surface area contributed by atoms with Gasteiger partial charge in [-0.1, -0.05) is 23.2 Å².